The molecule has 0 fully saturated rings. The lowest BCUT2D eigenvalue weighted by atomic mass is 9.96. The fraction of sp³-hybridized carbons (Fsp3) is 0.242. The van der Waals surface area contributed by atoms with Gasteiger partial charge in [0, 0.05) is 0 Å². The number of esters is 1. The zero-order chi connectivity index (χ0) is 30.3. The Balaban J connectivity index is 1.46. The molecule has 5 rings (SSSR count). The van der Waals surface area contributed by atoms with Crippen LogP contribution in [0.3, 0.4) is 0 Å². The van der Waals surface area contributed by atoms with E-state index >= 15 is 0 Å². The summed E-state index contributed by atoms with van der Waals surface area (Å²) in [7, 11) is 3.15. The number of rotatable bonds is 11. The predicted molar refractivity (Wildman–Crippen MR) is 164 cm³/mol. The summed E-state index contributed by atoms with van der Waals surface area (Å²) in [5.41, 5.74) is 2.05. The second kappa shape index (κ2) is 13.4. The molecular formula is C33H32N2O7S. The minimum Gasteiger partial charge on any atom is -0.497 e. The van der Waals surface area contributed by atoms with Crippen molar-refractivity contribution in [2.24, 2.45) is 4.99 Å². The van der Waals surface area contributed by atoms with Gasteiger partial charge in [-0.25, -0.2) is 9.79 Å². The van der Waals surface area contributed by atoms with Gasteiger partial charge in [0.25, 0.3) is 5.56 Å². The Morgan fingerprint density at radius 2 is 1.67 bits per heavy atom. The lowest BCUT2D eigenvalue weighted by Gasteiger charge is -2.24. The standard InChI is InChI=1S/C33H32N2O7S/c1-5-40-32(37)29-21(2)34-33-35(30(29)23-12-14-24(38-3)15-13-23)31(36)28(43-33)20-22-11-16-26(27(19-22)39-4)42-18-17-41-25-9-7-6-8-10-25/h6-16,19-20,30H,5,17-18H2,1-4H3/b28-20+. The molecule has 2 heterocycles. The molecule has 43 heavy (non-hydrogen) atoms. The van der Waals surface area contributed by atoms with E-state index in [9.17, 15) is 9.59 Å². The average molecular weight is 601 g/mol. The molecule has 222 valence electrons. The molecule has 9 nitrogen and oxygen atoms in total. The van der Waals surface area contributed by atoms with E-state index in [0.29, 0.717) is 51.1 Å². The summed E-state index contributed by atoms with van der Waals surface area (Å²) >= 11 is 1.25. The number of aromatic nitrogens is 1. The molecule has 0 bridgehead atoms. The van der Waals surface area contributed by atoms with Crippen LogP contribution in [0, 0.1) is 0 Å². The van der Waals surface area contributed by atoms with Crippen molar-refractivity contribution in [3.05, 3.63) is 115 Å². The van der Waals surface area contributed by atoms with Gasteiger partial charge in [0.2, 0.25) is 0 Å². The summed E-state index contributed by atoms with van der Waals surface area (Å²) in [5.74, 6) is 2.02. The average Bonchev–Trinajstić information content (AvgIpc) is 3.33. The zero-order valence-electron chi connectivity index (χ0n) is 24.4. The van der Waals surface area contributed by atoms with E-state index in [1.165, 1.54) is 11.3 Å². The lowest BCUT2D eigenvalue weighted by Crippen LogP contribution is -2.39. The van der Waals surface area contributed by atoms with E-state index in [1.807, 2.05) is 54.6 Å². The van der Waals surface area contributed by atoms with Crippen molar-refractivity contribution in [1.29, 1.82) is 0 Å². The Morgan fingerprint density at radius 1 is 0.930 bits per heavy atom. The monoisotopic (exact) mass is 600 g/mol. The van der Waals surface area contributed by atoms with E-state index in [2.05, 4.69) is 4.99 Å². The molecule has 1 aromatic heterocycles. The van der Waals surface area contributed by atoms with E-state index < -0.39 is 12.0 Å². The molecule has 0 saturated carbocycles. The van der Waals surface area contributed by atoms with Gasteiger partial charge >= 0.3 is 5.97 Å². The summed E-state index contributed by atoms with van der Waals surface area (Å²) in [5, 5.41) is 0. The molecular weight excluding hydrogens is 568 g/mol. The van der Waals surface area contributed by atoms with Crippen LogP contribution < -0.4 is 33.8 Å². The molecule has 1 atom stereocenters. The van der Waals surface area contributed by atoms with Gasteiger partial charge in [-0.1, -0.05) is 47.7 Å². The minimum atomic E-state index is -0.702. The van der Waals surface area contributed by atoms with Gasteiger partial charge in [-0.15, -0.1) is 0 Å². The Kier molecular flexibility index (Phi) is 9.26. The van der Waals surface area contributed by atoms with Crippen molar-refractivity contribution in [1.82, 2.24) is 4.57 Å². The van der Waals surface area contributed by atoms with E-state index in [-0.39, 0.29) is 12.2 Å². The number of carbonyl (C=O) groups excluding carboxylic acids is 1. The number of para-hydroxylation sites is 1. The third-order valence-corrected chi connectivity index (χ3v) is 7.77. The van der Waals surface area contributed by atoms with Crippen LogP contribution in [0.5, 0.6) is 23.0 Å². The number of hydrogen-bond donors (Lipinski definition) is 0. The van der Waals surface area contributed by atoms with Gasteiger partial charge in [-0.3, -0.25) is 9.36 Å². The number of nitrogens with zero attached hydrogens (tertiary/aromatic N) is 2. The quantitative estimate of drug-likeness (QED) is 0.187. The van der Waals surface area contributed by atoms with E-state index in [4.69, 9.17) is 23.7 Å². The van der Waals surface area contributed by atoms with E-state index in [1.54, 1.807) is 56.9 Å². The third kappa shape index (κ3) is 6.49. The number of methoxy groups -OCH3 is 2. The molecule has 0 amide bonds. The van der Waals surface area contributed by atoms with Gasteiger partial charge < -0.3 is 23.7 Å². The summed E-state index contributed by atoms with van der Waals surface area (Å²) in [4.78, 5) is 32.1. The van der Waals surface area contributed by atoms with Gasteiger partial charge in [-0.2, -0.15) is 0 Å². The first-order chi connectivity index (χ1) is 20.9. The van der Waals surface area contributed by atoms with Crippen molar-refractivity contribution in [2.45, 2.75) is 19.9 Å². The summed E-state index contributed by atoms with van der Waals surface area (Å²) < 4.78 is 29.8. The normalized spacial score (nSPS) is 14.5. The smallest absolute Gasteiger partial charge is 0.338 e. The Bertz CT molecular complexity index is 1810. The Morgan fingerprint density at radius 3 is 2.37 bits per heavy atom. The number of allylic oxidation sites excluding steroid dienone is 1. The third-order valence-electron chi connectivity index (χ3n) is 6.79. The van der Waals surface area contributed by atoms with Crippen LogP contribution in [0.4, 0.5) is 0 Å². The molecule has 1 aliphatic rings. The SMILES string of the molecule is CCOC(=O)C1=C(C)N=c2s/c(=C/c3ccc(OCCOc4ccccc4)c(OC)c3)c(=O)n2C1c1ccc(OC)cc1. The number of ether oxygens (including phenoxy) is 5. The second-order valence-electron chi connectivity index (χ2n) is 9.50. The number of hydrogen-bond acceptors (Lipinski definition) is 9. The molecule has 0 spiro atoms. The van der Waals surface area contributed by atoms with Crippen LogP contribution in [0.1, 0.15) is 31.0 Å². The van der Waals surface area contributed by atoms with Gasteiger partial charge in [0.05, 0.1) is 42.7 Å². The molecule has 1 unspecified atom stereocenters. The molecule has 3 aromatic carbocycles. The lowest BCUT2D eigenvalue weighted by molar-refractivity contribution is -0.139. The highest BCUT2D eigenvalue weighted by molar-refractivity contribution is 7.07. The number of carbonyl (C=O) groups is 1. The summed E-state index contributed by atoms with van der Waals surface area (Å²) in [6, 6.07) is 21.6. The molecule has 1 aliphatic heterocycles. The first kappa shape index (κ1) is 29.7. The molecule has 0 aliphatic carbocycles. The first-order valence-electron chi connectivity index (χ1n) is 13.8. The topological polar surface area (TPSA) is 97.6 Å². The summed E-state index contributed by atoms with van der Waals surface area (Å²) in [6.45, 7) is 4.41. The molecule has 0 radical (unpaired) electrons. The van der Waals surface area contributed by atoms with Gasteiger partial charge in [0.1, 0.15) is 24.7 Å². The van der Waals surface area contributed by atoms with Crippen molar-refractivity contribution in [2.75, 3.05) is 34.0 Å². The van der Waals surface area contributed by atoms with Crippen LogP contribution >= 0.6 is 11.3 Å². The van der Waals surface area contributed by atoms with Crippen LogP contribution in [-0.4, -0.2) is 44.6 Å². The van der Waals surface area contributed by atoms with Gasteiger partial charge in [-0.05, 0) is 67.4 Å². The fourth-order valence-electron chi connectivity index (χ4n) is 4.77. The largest absolute Gasteiger partial charge is 0.497 e. The maximum absolute atomic E-state index is 13.9. The van der Waals surface area contributed by atoms with Gasteiger partial charge in [0.15, 0.2) is 16.3 Å². The predicted octanol–water partition coefficient (Wildman–Crippen LogP) is 4.27. The molecule has 0 saturated heterocycles. The van der Waals surface area contributed by atoms with Crippen LogP contribution in [0.2, 0.25) is 0 Å². The highest BCUT2D eigenvalue weighted by Crippen LogP contribution is 2.32. The highest BCUT2D eigenvalue weighted by atomic mass is 32.1. The Hall–Kier alpha value is -4.83. The van der Waals surface area contributed by atoms with Crippen LogP contribution in [-0.2, 0) is 9.53 Å². The first-order valence-corrected chi connectivity index (χ1v) is 14.6. The Labute approximate surface area is 252 Å². The van der Waals surface area contributed by atoms with E-state index in [0.717, 1.165) is 16.9 Å². The zero-order valence-corrected chi connectivity index (χ0v) is 25.2. The minimum absolute atomic E-state index is 0.205. The van der Waals surface area contributed by atoms with Crippen molar-refractivity contribution >= 4 is 23.4 Å². The fourth-order valence-corrected chi connectivity index (χ4v) is 5.81. The number of benzene rings is 3. The molecule has 0 N–H and O–H groups in total. The second-order valence-corrected chi connectivity index (χ2v) is 10.5. The summed E-state index contributed by atoms with van der Waals surface area (Å²) in [6.07, 6.45) is 1.78. The number of thiazole rings is 1. The molecule has 4 aromatic rings. The maximum atomic E-state index is 13.9. The van der Waals surface area contributed by atoms with Crippen molar-refractivity contribution < 1.29 is 28.5 Å². The molecule has 10 heteroatoms. The highest BCUT2D eigenvalue weighted by Gasteiger charge is 2.33. The van der Waals surface area contributed by atoms with Crippen LogP contribution in [0.25, 0.3) is 6.08 Å². The number of fused-ring (bicyclic) bond motifs is 1. The van der Waals surface area contributed by atoms with Crippen molar-refractivity contribution in [3.8, 4) is 23.0 Å². The van der Waals surface area contributed by atoms with Crippen LogP contribution in [0.15, 0.2) is 93.9 Å². The van der Waals surface area contributed by atoms with Crippen molar-refractivity contribution in [3.63, 3.8) is 0 Å². The maximum Gasteiger partial charge on any atom is 0.338 e.